The molecule has 2 rings (SSSR count). The van der Waals surface area contributed by atoms with Crippen molar-refractivity contribution in [3.8, 4) is 0 Å². The van der Waals surface area contributed by atoms with Gasteiger partial charge in [-0.05, 0) is 50.3 Å². The van der Waals surface area contributed by atoms with Crippen molar-refractivity contribution in [2.45, 2.75) is 58.5 Å². The van der Waals surface area contributed by atoms with Gasteiger partial charge < -0.3 is 5.32 Å². The topological polar surface area (TPSA) is 15.3 Å². The third-order valence-electron chi connectivity index (χ3n) is 4.77. The van der Waals surface area contributed by atoms with E-state index in [2.05, 4.69) is 61.3 Å². The zero-order chi connectivity index (χ0) is 15.1. The predicted molar refractivity (Wildman–Crippen MR) is 91.7 cm³/mol. The molecular weight excluding hydrogens is 256 g/mol. The van der Waals surface area contributed by atoms with Gasteiger partial charge in [0.15, 0.2) is 0 Å². The number of benzene rings is 1. The number of nitrogens with one attached hydrogen (secondary N) is 1. The first-order valence-corrected chi connectivity index (χ1v) is 8.70. The summed E-state index contributed by atoms with van der Waals surface area (Å²) in [6, 6.07) is 12.3. The number of rotatable bonds is 7. The van der Waals surface area contributed by atoms with Gasteiger partial charge in [-0.25, -0.2) is 0 Å². The highest BCUT2D eigenvalue weighted by Gasteiger charge is 2.24. The first-order chi connectivity index (χ1) is 10.2. The molecule has 0 saturated carbocycles. The molecule has 1 aliphatic heterocycles. The van der Waals surface area contributed by atoms with E-state index in [9.17, 15) is 0 Å². The second-order valence-corrected chi connectivity index (χ2v) is 6.79. The summed E-state index contributed by atoms with van der Waals surface area (Å²) in [5.74, 6) is 0.874. The monoisotopic (exact) mass is 288 g/mol. The molecule has 1 atom stereocenters. The molecule has 0 spiro atoms. The summed E-state index contributed by atoms with van der Waals surface area (Å²) in [5.41, 5.74) is 1.50. The maximum absolute atomic E-state index is 3.60. The molecule has 21 heavy (non-hydrogen) atoms. The number of nitrogens with zero attached hydrogens (tertiary/aromatic N) is 1. The maximum atomic E-state index is 3.60. The summed E-state index contributed by atoms with van der Waals surface area (Å²) in [5, 5.41) is 3.60. The Morgan fingerprint density at radius 1 is 1.14 bits per heavy atom. The fourth-order valence-electron chi connectivity index (χ4n) is 3.37. The van der Waals surface area contributed by atoms with Crippen molar-refractivity contribution in [1.82, 2.24) is 10.2 Å². The first kappa shape index (κ1) is 16.5. The SMILES string of the molecule is CCC(CNC(C)C)N1CCC(Cc2ccccc2)CC1. The predicted octanol–water partition coefficient (Wildman–Crippen LogP) is 3.72. The molecule has 1 aromatic rings. The van der Waals surface area contributed by atoms with Crippen LogP contribution in [0.4, 0.5) is 0 Å². The van der Waals surface area contributed by atoms with E-state index in [1.54, 1.807) is 0 Å². The highest BCUT2D eigenvalue weighted by Crippen LogP contribution is 2.23. The van der Waals surface area contributed by atoms with Crippen molar-refractivity contribution >= 4 is 0 Å². The smallest absolute Gasteiger partial charge is 0.0218 e. The fourth-order valence-corrected chi connectivity index (χ4v) is 3.37. The van der Waals surface area contributed by atoms with Crippen LogP contribution in [0.15, 0.2) is 30.3 Å². The number of piperidine rings is 1. The van der Waals surface area contributed by atoms with Crippen molar-refractivity contribution in [2.24, 2.45) is 5.92 Å². The molecule has 1 saturated heterocycles. The van der Waals surface area contributed by atoms with Crippen LogP contribution in [-0.2, 0) is 6.42 Å². The molecule has 1 aliphatic rings. The zero-order valence-electron chi connectivity index (χ0n) is 14.0. The molecule has 1 aromatic carbocycles. The van der Waals surface area contributed by atoms with Crippen LogP contribution in [0.2, 0.25) is 0 Å². The minimum Gasteiger partial charge on any atom is -0.313 e. The van der Waals surface area contributed by atoms with Crippen LogP contribution in [0.5, 0.6) is 0 Å². The minimum atomic E-state index is 0.592. The highest BCUT2D eigenvalue weighted by atomic mass is 15.2. The van der Waals surface area contributed by atoms with E-state index < -0.39 is 0 Å². The van der Waals surface area contributed by atoms with Crippen molar-refractivity contribution < 1.29 is 0 Å². The third kappa shape index (κ3) is 5.44. The average Bonchev–Trinajstić information content (AvgIpc) is 2.50. The lowest BCUT2D eigenvalue weighted by Crippen LogP contribution is -2.47. The maximum Gasteiger partial charge on any atom is 0.0218 e. The number of likely N-dealkylation sites (tertiary alicyclic amines) is 1. The minimum absolute atomic E-state index is 0.592. The standard InChI is InChI=1S/C19H32N2/c1-4-19(15-20-16(2)3)21-12-10-18(11-13-21)14-17-8-6-5-7-9-17/h5-9,16,18-20H,4,10-15H2,1-3H3. The van der Waals surface area contributed by atoms with Crippen LogP contribution >= 0.6 is 0 Å². The van der Waals surface area contributed by atoms with Crippen molar-refractivity contribution in [3.05, 3.63) is 35.9 Å². The van der Waals surface area contributed by atoms with Gasteiger partial charge in [-0.1, -0.05) is 51.1 Å². The van der Waals surface area contributed by atoms with E-state index in [0.29, 0.717) is 12.1 Å². The Balaban J connectivity index is 1.76. The molecule has 2 heteroatoms. The summed E-state index contributed by atoms with van der Waals surface area (Å²) in [6.07, 6.45) is 5.22. The van der Waals surface area contributed by atoms with Crippen molar-refractivity contribution in [3.63, 3.8) is 0 Å². The van der Waals surface area contributed by atoms with Crippen molar-refractivity contribution in [1.29, 1.82) is 0 Å². The molecule has 1 N–H and O–H groups in total. The van der Waals surface area contributed by atoms with Crippen LogP contribution in [0.25, 0.3) is 0 Å². The van der Waals surface area contributed by atoms with E-state index in [-0.39, 0.29) is 0 Å². The second-order valence-electron chi connectivity index (χ2n) is 6.79. The van der Waals surface area contributed by atoms with Gasteiger partial charge in [0.2, 0.25) is 0 Å². The lowest BCUT2D eigenvalue weighted by atomic mass is 9.89. The fraction of sp³-hybridized carbons (Fsp3) is 0.684. The molecule has 0 aliphatic carbocycles. The summed E-state index contributed by atoms with van der Waals surface area (Å²) in [4.78, 5) is 2.71. The highest BCUT2D eigenvalue weighted by molar-refractivity contribution is 5.15. The molecule has 1 unspecified atom stereocenters. The van der Waals surface area contributed by atoms with Gasteiger partial charge in [-0.3, -0.25) is 4.90 Å². The van der Waals surface area contributed by atoms with Crippen LogP contribution < -0.4 is 5.32 Å². The van der Waals surface area contributed by atoms with E-state index in [4.69, 9.17) is 0 Å². The summed E-state index contributed by atoms with van der Waals surface area (Å²) in [6.45, 7) is 10.5. The van der Waals surface area contributed by atoms with Gasteiger partial charge in [0.05, 0.1) is 0 Å². The van der Waals surface area contributed by atoms with Crippen LogP contribution in [0, 0.1) is 5.92 Å². The van der Waals surface area contributed by atoms with E-state index >= 15 is 0 Å². The van der Waals surface area contributed by atoms with Gasteiger partial charge in [0.25, 0.3) is 0 Å². The molecule has 0 aromatic heterocycles. The molecule has 1 heterocycles. The van der Waals surface area contributed by atoms with E-state index in [0.717, 1.165) is 12.5 Å². The first-order valence-electron chi connectivity index (χ1n) is 8.70. The Morgan fingerprint density at radius 2 is 1.81 bits per heavy atom. The average molecular weight is 288 g/mol. The van der Waals surface area contributed by atoms with Crippen molar-refractivity contribution in [2.75, 3.05) is 19.6 Å². The molecular formula is C19H32N2. The third-order valence-corrected chi connectivity index (χ3v) is 4.77. The summed E-state index contributed by atoms with van der Waals surface area (Å²) >= 11 is 0. The second kappa shape index (κ2) is 8.55. The molecule has 0 radical (unpaired) electrons. The lowest BCUT2D eigenvalue weighted by Gasteiger charge is -2.37. The van der Waals surface area contributed by atoms with Gasteiger partial charge in [-0.15, -0.1) is 0 Å². The summed E-state index contributed by atoms with van der Waals surface area (Å²) in [7, 11) is 0. The van der Waals surface area contributed by atoms with Gasteiger partial charge in [0.1, 0.15) is 0 Å². The van der Waals surface area contributed by atoms with Gasteiger partial charge in [0, 0.05) is 18.6 Å². The molecule has 0 bridgehead atoms. The lowest BCUT2D eigenvalue weighted by molar-refractivity contribution is 0.125. The van der Waals surface area contributed by atoms with Crippen LogP contribution in [0.3, 0.4) is 0 Å². The number of hydrogen-bond donors (Lipinski definition) is 1. The molecule has 0 amide bonds. The van der Waals surface area contributed by atoms with Gasteiger partial charge >= 0.3 is 0 Å². The Bertz CT molecular complexity index is 380. The Kier molecular flexibility index (Phi) is 6.72. The largest absolute Gasteiger partial charge is 0.313 e. The number of hydrogen-bond acceptors (Lipinski definition) is 2. The molecule has 2 nitrogen and oxygen atoms in total. The summed E-state index contributed by atoms with van der Waals surface area (Å²) < 4.78 is 0. The van der Waals surface area contributed by atoms with Gasteiger partial charge in [-0.2, -0.15) is 0 Å². The zero-order valence-corrected chi connectivity index (χ0v) is 14.0. The molecule has 1 fully saturated rings. The van der Waals surface area contributed by atoms with Crippen LogP contribution in [0.1, 0.15) is 45.6 Å². The Labute approximate surface area is 130 Å². The quantitative estimate of drug-likeness (QED) is 0.822. The Hall–Kier alpha value is -0.860. The normalized spacial score (nSPS) is 19.0. The Morgan fingerprint density at radius 3 is 2.38 bits per heavy atom. The van der Waals surface area contributed by atoms with Crippen LogP contribution in [-0.4, -0.2) is 36.6 Å². The van der Waals surface area contributed by atoms with E-state index in [1.807, 2.05) is 0 Å². The van der Waals surface area contributed by atoms with E-state index in [1.165, 1.54) is 44.3 Å². The molecule has 118 valence electrons.